The maximum Gasteiger partial charge on any atom is 0.244 e. The van der Waals surface area contributed by atoms with Gasteiger partial charge in [0, 0.05) is 22.6 Å². The van der Waals surface area contributed by atoms with Crippen molar-refractivity contribution in [3.8, 4) is 0 Å². The average molecular weight is 514 g/mol. The Labute approximate surface area is 205 Å². The highest BCUT2D eigenvalue weighted by Gasteiger charge is 2.32. The van der Waals surface area contributed by atoms with Crippen molar-refractivity contribution in [2.75, 3.05) is 17.1 Å². The van der Waals surface area contributed by atoms with E-state index < -0.39 is 28.5 Å². The van der Waals surface area contributed by atoms with E-state index in [-0.39, 0.29) is 24.2 Å². The van der Waals surface area contributed by atoms with Crippen molar-refractivity contribution in [2.45, 2.75) is 45.8 Å². The molecular weight excluding hydrogens is 485 g/mol. The maximum absolute atomic E-state index is 13.5. The highest BCUT2D eigenvalue weighted by Crippen LogP contribution is 2.23. The van der Waals surface area contributed by atoms with E-state index >= 15 is 0 Å². The molecule has 0 saturated carbocycles. The van der Waals surface area contributed by atoms with Crippen LogP contribution in [0.25, 0.3) is 0 Å². The second kappa shape index (κ2) is 11.7. The first-order chi connectivity index (χ1) is 15.4. The lowest BCUT2D eigenvalue weighted by Gasteiger charge is -2.33. The molecule has 2 aromatic rings. The van der Waals surface area contributed by atoms with Gasteiger partial charge >= 0.3 is 0 Å². The summed E-state index contributed by atoms with van der Waals surface area (Å²) in [6, 6.07) is 12.3. The highest BCUT2D eigenvalue weighted by atomic mass is 35.5. The molecule has 0 bridgehead atoms. The van der Waals surface area contributed by atoms with Crippen molar-refractivity contribution >= 4 is 50.7 Å². The molecule has 10 heteroatoms. The summed E-state index contributed by atoms with van der Waals surface area (Å²) in [5.41, 5.74) is 1.03. The number of halogens is 2. The van der Waals surface area contributed by atoms with Crippen molar-refractivity contribution in [2.24, 2.45) is 0 Å². The van der Waals surface area contributed by atoms with Crippen LogP contribution in [-0.2, 0) is 26.2 Å². The number of nitrogens with one attached hydrogen (secondary N) is 1. The van der Waals surface area contributed by atoms with Crippen LogP contribution in [0.5, 0.6) is 0 Å². The zero-order valence-electron chi connectivity index (χ0n) is 19.1. The van der Waals surface area contributed by atoms with Crippen LogP contribution >= 0.6 is 23.2 Å². The summed E-state index contributed by atoms with van der Waals surface area (Å²) in [6.45, 7) is 5.12. The first kappa shape index (κ1) is 27.0. The Hall–Kier alpha value is -2.29. The number of carbonyl (C=O) groups is 2. The Balaban J connectivity index is 2.43. The summed E-state index contributed by atoms with van der Waals surface area (Å²) >= 11 is 12.0. The molecule has 0 aromatic heterocycles. The Kier molecular flexibility index (Phi) is 9.57. The third-order valence-electron chi connectivity index (χ3n) is 4.86. The summed E-state index contributed by atoms with van der Waals surface area (Å²) in [6.07, 6.45) is 1.38. The third-order valence-corrected chi connectivity index (χ3v) is 6.49. The van der Waals surface area contributed by atoms with E-state index in [0.29, 0.717) is 16.5 Å². The van der Waals surface area contributed by atoms with Crippen molar-refractivity contribution in [3.05, 3.63) is 64.1 Å². The van der Waals surface area contributed by atoms with E-state index in [4.69, 9.17) is 23.2 Å². The summed E-state index contributed by atoms with van der Waals surface area (Å²) < 4.78 is 26.1. The largest absolute Gasteiger partial charge is 0.352 e. The molecule has 0 fully saturated rings. The molecule has 2 rings (SSSR count). The molecule has 7 nitrogen and oxygen atoms in total. The monoisotopic (exact) mass is 513 g/mol. The normalized spacial score (nSPS) is 12.3. The molecular formula is C23H29Cl2N3O4S. The van der Waals surface area contributed by atoms with Crippen LogP contribution in [0.1, 0.15) is 32.8 Å². The van der Waals surface area contributed by atoms with Crippen LogP contribution in [0.2, 0.25) is 10.0 Å². The van der Waals surface area contributed by atoms with E-state index in [1.54, 1.807) is 49.4 Å². The van der Waals surface area contributed by atoms with E-state index in [1.165, 1.54) is 11.0 Å². The summed E-state index contributed by atoms with van der Waals surface area (Å²) in [5.74, 6) is -0.815. The van der Waals surface area contributed by atoms with E-state index in [1.807, 2.05) is 13.8 Å². The Bertz CT molecular complexity index is 1080. The minimum absolute atomic E-state index is 0.113. The molecule has 0 spiro atoms. The van der Waals surface area contributed by atoms with Gasteiger partial charge in [0.25, 0.3) is 0 Å². The van der Waals surface area contributed by atoms with Crippen molar-refractivity contribution in [3.63, 3.8) is 0 Å². The number of hydrogen-bond acceptors (Lipinski definition) is 4. The number of carbonyl (C=O) groups excluding carboxylic acids is 2. The van der Waals surface area contributed by atoms with Crippen molar-refractivity contribution in [1.29, 1.82) is 0 Å². The predicted octanol–water partition coefficient (Wildman–Crippen LogP) is 4.09. The lowest BCUT2D eigenvalue weighted by Crippen LogP contribution is -2.53. The number of nitrogens with zero attached hydrogens (tertiary/aromatic N) is 2. The zero-order chi connectivity index (χ0) is 24.8. The van der Waals surface area contributed by atoms with Crippen LogP contribution in [0.15, 0.2) is 48.5 Å². The van der Waals surface area contributed by atoms with Crippen LogP contribution in [0.3, 0.4) is 0 Å². The summed E-state index contributed by atoms with van der Waals surface area (Å²) in [5, 5.41) is 3.73. The summed E-state index contributed by atoms with van der Waals surface area (Å²) in [4.78, 5) is 27.8. The average Bonchev–Trinajstić information content (AvgIpc) is 2.71. The first-order valence-electron chi connectivity index (χ1n) is 10.5. The van der Waals surface area contributed by atoms with E-state index in [0.717, 1.165) is 16.1 Å². The second-order valence-corrected chi connectivity index (χ2v) is 10.8. The molecule has 2 amide bonds. The smallest absolute Gasteiger partial charge is 0.244 e. The fraction of sp³-hybridized carbons (Fsp3) is 0.391. The van der Waals surface area contributed by atoms with Gasteiger partial charge in [0.1, 0.15) is 12.6 Å². The molecule has 0 aliphatic rings. The lowest BCUT2D eigenvalue weighted by molar-refractivity contribution is -0.140. The first-order valence-corrected chi connectivity index (χ1v) is 13.1. The fourth-order valence-corrected chi connectivity index (χ4v) is 4.48. The van der Waals surface area contributed by atoms with Gasteiger partial charge in [0.2, 0.25) is 21.8 Å². The zero-order valence-corrected chi connectivity index (χ0v) is 21.4. The van der Waals surface area contributed by atoms with Crippen molar-refractivity contribution < 1.29 is 18.0 Å². The van der Waals surface area contributed by atoms with Crippen LogP contribution in [-0.4, -0.2) is 50.0 Å². The molecule has 0 heterocycles. The van der Waals surface area contributed by atoms with Crippen LogP contribution in [0.4, 0.5) is 5.69 Å². The SMILES string of the molecule is CC[C@@H](C(=O)NC(C)C)N(Cc1ccc(Cl)cc1)C(=O)CN(c1cccc(Cl)c1)S(C)(=O)=O. The standard InChI is InChI=1S/C23H29Cl2N3O4S/c1-5-21(23(30)26-16(2)3)27(14-17-9-11-18(24)12-10-17)22(29)15-28(33(4,31)32)20-8-6-7-19(25)13-20/h6-13,16,21H,5,14-15H2,1-4H3,(H,26,30)/t21-/m0/s1. The van der Waals surface area contributed by atoms with E-state index in [9.17, 15) is 18.0 Å². The molecule has 1 atom stereocenters. The highest BCUT2D eigenvalue weighted by molar-refractivity contribution is 7.92. The molecule has 0 aliphatic carbocycles. The Morgan fingerprint density at radius 1 is 1.03 bits per heavy atom. The minimum atomic E-state index is -3.80. The lowest BCUT2D eigenvalue weighted by atomic mass is 10.1. The topological polar surface area (TPSA) is 86.8 Å². The van der Waals surface area contributed by atoms with Gasteiger partial charge in [0.05, 0.1) is 11.9 Å². The second-order valence-electron chi connectivity index (χ2n) is 7.98. The number of sulfonamides is 1. The van der Waals surface area contributed by atoms with E-state index in [2.05, 4.69) is 5.32 Å². The van der Waals surface area contributed by atoms with Gasteiger partial charge in [-0.1, -0.05) is 48.3 Å². The van der Waals surface area contributed by atoms with Crippen molar-refractivity contribution in [1.82, 2.24) is 10.2 Å². The van der Waals surface area contributed by atoms with Gasteiger partial charge in [-0.05, 0) is 56.2 Å². The quantitative estimate of drug-likeness (QED) is 0.518. The number of anilines is 1. The molecule has 0 radical (unpaired) electrons. The number of benzene rings is 2. The van der Waals surface area contributed by atoms with Gasteiger partial charge < -0.3 is 10.2 Å². The Morgan fingerprint density at radius 2 is 1.67 bits per heavy atom. The number of hydrogen-bond donors (Lipinski definition) is 1. The molecule has 2 aromatic carbocycles. The number of rotatable bonds is 10. The third kappa shape index (κ3) is 7.91. The van der Waals surface area contributed by atoms with Gasteiger partial charge in [-0.3, -0.25) is 13.9 Å². The molecule has 1 N–H and O–H groups in total. The van der Waals surface area contributed by atoms with Gasteiger partial charge in [-0.2, -0.15) is 0 Å². The van der Waals surface area contributed by atoms with Gasteiger partial charge in [0.15, 0.2) is 0 Å². The summed E-state index contributed by atoms with van der Waals surface area (Å²) in [7, 11) is -3.80. The fourth-order valence-electron chi connectivity index (χ4n) is 3.33. The van der Waals surface area contributed by atoms with Gasteiger partial charge in [-0.25, -0.2) is 8.42 Å². The molecule has 180 valence electrons. The molecule has 33 heavy (non-hydrogen) atoms. The molecule has 0 aliphatic heterocycles. The molecule has 0 saturated heterocycles. The van der Waals surface area contributed by atoms with Crippen LogP contribution < -0.4 is 9.62 Å². The van der Waals surface area contributed by atoms with Crippen LogP contribution in [0, 0.1) is 0 Å². The molecule has 0 unspecified atom stereocenters. The predicted molar refractivity (Wildman–Crippen MR) is 133 cm³/mol. The number of amides is 2. The maximum atomic E-state index is 13.5. The minimum Gasteiger partial charge on any atom is -0.352 e. The Morgan fingerprint density at radius 3 is 2.18 bits per heavy atom. The van der Waals surface area contributed by atoms with Gasteiger partial charge in [-0.15, -0.1) is 0 Å².